The van der Waals surface area contributed by atoms with E-state index in [2.05, 4.69) is 21.2 Å². The molecule has 1 heterocycles. The highest BCUT2D eigenvalue weighted by Gasteiger charge is 2.13. The summed E-state index contributed by atoms with van der Waals surface area (Å²) in [6, 6.07) is 9.07. The van der Waals surface area contributed by atoms with Crippen LogP contribution >= 0.6 is 38.9 Å². The summed E-state index contributed by atoms with van der Waals surface area (Å²) in [4.78, 5) is 13.2. The van der Waals surface area contributed by atoms with Crippen molar-refractivity contribution >= 4 is 50.5 Å². The van der Waals surface area contributed by atoms with Crippen LogP contribution < -0.4 is 11.1 Å². The predicted octanol–water partition coefficient (Wildman–Crippen LogP) is 3.72. The number of benzene rings is 1. The lowest BCUT2D eigenvalue weighted by Crippen LogP contribution is -2.26. The fraction of sp³-hybridized carbons (Fsp3) is 0.154. The summed E-state index contributed by atoms with van der Waals surface area (Å²) >= 11 is 11.0. The molecule has 0 saturated carbocycles. The lowest BCUT2D eigenvalue weighted by Gasteiger charge is -2.08. The second-order valence-electron chi connectivity index (χ2n) is 3.92. The topological polar surface area (TPSA) is 55.1 Å². The first-order valence-corrected chi connectivity index (χ1v) is 7.63. The average Bonchev–Trinajstić information content (AvgIpc) is 2.75. The van der Waals surface area contributed by atoms with Gasteiger partial charge < -0.3 is 11.1 Å². The lowest BCUT2D eigenvalue weighted by atomic mass is 10.1. The first-order valence-electron chi connectivity index (χ1n) is 5.64. The summed E-state index contributed by atoms with van der Waals surface area (Å²) < 4.78 is 1.09. The third-order valence-corrected chi connectivity index (χ3v) is 4.56. The summed E-state index contributed by atoms with van der Waals surface area (Å²) in [5.74, 6) is -0.237. The van der Waals surface area contributed by atoms with Crippen molar-refractivity contribution in [3.63, 3.8) is 0 Å². The van der Waals surface area contributed by atoms with Crippen molar-refractivity contribution in [3.8, 4) is 0 Å². The number of amides is 1. The van der Waals surface area contributed by atoms with E-state index in [1.54, 1.807) is 29.5 Å². The quantitative estimate of drug-likeness (QED) is 0.818. The molecule has 1 amide bonds. The molecule has 0 fully saturated rings. The Morgan fingerprint density at radius 1 is 1.37 bits per heavy atom. The van der Waals surface area contributed by atoms with Gasteiger partial charge in [0.05, 0.1) is 14.4 Å². The van der Waals surface area contributed by atoms with Crippen LogP contribution in [0.5, 0.6) is 0 Å². The van der Waals surface area contributed by atoms with Crippen molar-refractivity contribution < 1.29 is 4.79 Å². The standard InChI is InChI=1S/C13H12BrClN2OS/c14-11-5-4-8(19-11)6-7-17-13(18)12-9(15)2-1-3-10(12)16/h1-5H,6-7,16H2,(H,17,18). The van der Waals surface area contributed by atoms with Crippen molar-refractivity contribution in [2.75, 3.05) is 12.3 Å². The number of hydrogen-bond acceptors (Lipinski definition) is 3. The van der Waals surface area contributed by atoms with Gasteiger partial charge in [0.25, 0.3) is 5.91 Å². The second-order valence-corrected chi connectivity index (χ2v) is 6.87. The van der Waals surface area contributed by atoms with Crippen LogP contribution in [0.2, 0.25) is 5.02 Å². The zero-order valence-corrected chi connectivity index (χ0v) is 13.1. The highest BCUT2D eigenvalue weighted by Crippen LogP contribution is 2.23. The van der Waals surface area contributed by atoms with Gasteiger partial charge in [-0.2, -0.15) is 0 Å². The molecule has 1 aromatic carbocycles. The maximum Gasteiger partial charge on any atom is 0.254 e. The Labute approximate surface area is 128 Å². The summed E-state index contributed by atoms with van der Waals surface area (Å²) in [6.45, 7) is 0.552. The van der Waals surface area contributed by atoms with Crippen LogP contribution in [0.15, 0.2) is 34.1 Å². The molecule has 3 N–H and O–H groups in total. The van der Waals surface area contributed by atoms with Crippen molar-refractivity contribution in [2.24, 2.45) is 0 Å². The van der Waals surface area contributed by atoms with Crippen molar-refractivity contribution in [3.05, 3.63) is 49.6 Å². The number of carbonyl (C=O) groups is 1. The van der Waals surface area contributed by atoms with Gasteiger partial charge in [-0.15, -0.1) is 11.3 Å². The van der Waals surface area contributed by atoms with Gasteiger partial charge in [-0.1, -0.05) is 17.7 Å². The second kappa shape index (κ2) is 6.41. The molecule has 0 aliphatic heterocycles. The third kappa shape index (κ3) is 3.72. The Bertz CT molecular complexity index is 580. The highest BCUT2D eigenvalue weighted by atomic mass is 79.9. The summed E-state index contributed by atoms with van der Waals surface area (Å²) in [6.07, 6.45) is 0.784. The number of rotatable bonds is 4. The van der Waals surface area contributed by atoms with Gasteiger partial charge in [0, 0.05) is 17.1 Å². The number of hydrogen-bond donors (Lipinski definition) is 2. The molecule has 0 atom stereocenters. The first kappa shape index (κ1) is 14.4. The molecule has 100 valence electrons. The minimum atomic E-state index is -0.237. The zero-order valence-electron chi connectivity index (χ0n) is 9.95. The third-order valence-electron chi connectivity index (χ3n) is 2.56. The average molecular weight is 360 g/mol. The van der Waals surface area contributed by atoms with E-state index in [9.17, 15) is 4.79 Å². The van der Waals surface area contributed by atoms with Crippen LogP contribution in [-0.2, 0) is 6.42 Å². The van der Waals surface area contributed by atoms with Gasteiger partial charge in [-0.05, 0) is 46.6 Å². The number of anilines is 1. The molecule has 0 aliphatic carbocycles. The highest BCUT2D eigenvalue weighted by molar-refractivity contribution is 9.11. The number of thiophene rings is 1. The van der Waals surface area contributed by atoms with Gasteiger partial charge in [-0.3, -0.25) is 4.79 Å². The molecule has 0 spiro atoms. The molecule has 0 saturated heterocycles. The lowest BCUT2D eigenvalue weighted by molar-refractivity contribution is 0.0955. The first-order chi connectivity index (χ1) is 9.08. The minimum absolute atomic E-state index is 0.237. The van der Waals surface area contributed by atoms with E-state index in [-0.39, 0.29) is 5.91 Å². The van der Waals surface area contributed by atoms with Crippen molar-refractivity contribution in [2.45, 2.75) is 6.42 Å². The number of nitrogens with one attached hydrogen (secondary N) is 1. The molecular weight excluding hydrogens is 348 g/mol. The van der Waals surface area contributed by atoms with Crippen LogP contribution in [0, 0.1) is 0 Å². The molecule has 6 heteroatoms. The molecule has 0 bridgehead atoms. The van der Waals surface area contributed by atoms with E-state index < -0.39 is 0 Å². The number of nitrogens with two attached hydrogens (primary N) is 1. The molecule has 2 rings (SSSR count). The van der Waals surface area contributed by atoms with Gasteiger partial charge >= 0.3 is 0 Å². The van der Waals surface area contributed by atoms with Gasteiger partial charge in [0.15, 0.2) is 0 Å². The van der Waals surface area contributed by atoms with Gasteiger partial charge in [-0.25, -0.2) is 0 Å². The molecule has 1 aromatic heterocycles. The maximum atomic E-state index is 12.0. The molecule has 0 radical (unpaired) electrons. The molecule has 19 heavy (non-hydrogen) atoms. The van der Waals surface area contributed by atoms with E-state index in [1.165, 1.54) is 4.88 Å². The smallest absolute Gasteiger partial charge is 0.254 e. The predicted molar refractivity (Wildman–Crippen MR) is 83.9 cm³/mol. The summed E-state index contributed by atoms with van der Waals surface area (Å²) in [5, 5.41) is 3.20. The van der Waals surface area contributed by atoms with E-state index in [0.717, 1.165) is 10.2 Å². The summed E-state index contributed by atoms with van der Waals surface area (Å²) in [5.41, 5.74) is 6.50. The van der Waals surface area contributed by atoms with Crippen LogP contribution in [0.4, 0.5) is 5.69 Å². The number of nitrogen functional groups attached to an aromatic ring is 1. The van der Waals surface area contributed by atoms with Crippen molar-refractivity contribution in [1.82, 2.24) is 5.32 Å². The number of halogens is 2. The van der Waals surface area contributed by atoms with E-state index in [0.29, 0.717) is 22.8 Å². The molecule has 0 unspecified atom stereocenters. The van der Waals surface area contributed by atoms with Gasteiger partial charge in [0.1, 0.15) is 0 Å². The normalized spacial score (nSPS) is 10.4. The van der Waals surface area contributed by atoms with E-state index >= 15 is 0 Å². The molecular formula is C13H12BrClN2OS. The van der Waals surface area contributed by atoms with Gasteiger partial charge in [0.2, 0.25) is 0 Å². The Kier molecular flexibility index (Phi) is 4.85. The Balaban J connectivity index is 1.94. The fourth-order valence-electron chi connectivity index (χ4n) is 1.65. The van der Waals surface area contributed by atoms with Crippen LogP contribution in [-0.4, -0.2) is 12.5 Å². The number of carbonyl (C=O) groups excluding carboxylic acids is 1. The Morgan fingerprint density at radius 2 is 2.16 bits per heavy atom. The zero-order chi connectivity index (χ0) is 13.8. The monoisotopic (exact) mass is 358 g/mol. The van der Waals surface area contributed by atoms with Crippen LogP contribution in [0.3, 0.4) is 0 Å². The van der Waals surface area contributed by atoms with Crippen LogP contribution in [0.1, 0.15) is 15.2 Å². The fourth-order valence-corrected chi connectivity index (χ4v) is 3.40. The van der Waals surface area contributed by atoms with Crippen molar-refractivity contribution in [1.29, 1.82) is 0 Å². The minimum Gasteiger partial charge on any atom is -0.398 e. The largest absolute Gasteiger partial charge is 0.398 e. The molecule has 2 aromatic rings. The van der Waals surface area contributed by atoms with E-state index in [1.807, 2.05) is 12.1 Å². The maximum absolute atomic E-state index is 12.0. The van der Waals surface area contributed by atoms with Crippen LogP contribution in [0.25, 0.3) is 0 Å². The Hall–Kier alpha value is -1.04. The summed E-state index contributed by atoms with van der Waals surface area (Å²) in [7, 11) is 0. The molecule has 0 aliphatic rings. The van der Waals surface area contributed by atoms with E-state index in [4.69, 9.17) is 17.3 Å². The Morgan fingerprint density at radius 3 is 2.79 bits per heavy atom. The SMILES string of the molecule is Nc1cccc(Cl)c1C(=O)NCCc1ccc(Br)s1. The molecule has 3 nitrogen and oxygen atoms in total.